The lowest BCUT2D eigenvalue weighted by Gasteiger charge is -2.08. The molecule has 4 rings (SSSR count). The molecule has 0 spiro atoms. The van der Waals surface area contributed by atoms with Gasteiger partial charge < -0.3 is 4.57 Å². The van der Waals surface area contributed by atoms with Crippen LogP contribution in [0.1, 0.15) is 16.1 Å². The van der Waals surface area contributed by atoms with E-state index in [1.165, 1.54) is 10.8 Å². The number of hydrazone groups is 1. The van der Waals surface area contributed by atoms with E-state index in [0.29, 0.717) is 10.6 Å². The molecule has 0 radical (unpaired) electrons. The van der Waals surface area contributed by atoms with Crippen LogP contribution >= 0.6 is 11.6 Å². The van der Waals surface area contributed by atoms with E-state index in [0.717, 1.165) is 11.4 Å². The maximum absolute atomic E-state index is 12.1. The van der Waals surface area contributed by atoms with Crippen LogP contribution in [0.4, 0.5) is 0 Å². The molecule has 0 bridgehead atoms. The van der Waals surface area contributed by atoms with E-state index in [1.807, 2.05) is 35.0 Å². The molecule has 0 atom stereocenters. The fourth-order valence-corrected chi connectivity index (χ4v) is 3.10. The second-order valence-electron chi connectivity index (χ2n) is 6.04. The number of carbonyl (C=O) groups excluding carboxylic acids is 1. The molecule has 0 aliphatic carbocycles. The second kappa shape index (κ2) is 7.48. The van der Waals surface area contributed by atoms with Crippen LogP contribution in [0.25, 0.3) is 16.5 Å². The molecule has 0 saturated heterocycles. The predicted octanol–water partition coefficient (Wildman–Crippen LogP) is 5.05. The first-order valence-corrected chi connectivity index (χ1v) is 8.84. The van der Waals surface area contributed by atoms with Crippen LogP contribution in [0.2, 0.25) is 5.02 Å². The Balaban J connectivity index is 1.54. The van der Waals surface area contributed by atoms with Crippen molar-refractivity contribution in [3.8, 4) is 5.69 Å². The first kappa shape index (κ1) is 17.1. The number of fused-ring (bicyclic) bond motifs is 1. The predicted molar refractivity (Wildman–Crippen MR) is 110 cm³/mol. The number of carbonyl (C=O) groups is 1. The number of amides is 1. The number of nitrogens with zero attached hydrogens (tertiary/aromatic N) is 2. The van der Waals surface area contributed by atoms with E-state index >= 15 is 0 Å². The van der Waals surface area contributed by atoms with Gasteiger partial charge in [0.25, 0.3) is 5.91 Å². The van der Waals surface area contributed by atoms with Crippen molar-refractivity contribution in [1.29, 1.82) is 0 Å². The van der Waals surface area contributed by atoms with Gasteiger partial charge in [0.1, 0.15) is 0 Å². The average Bonchev–Trinajstić information content (AvgIpc) is 3.16. The second-order valence-corrected chi connectivity index (χ2v) is 6.48. The monoisotopic (exact) mass is 373 g/mol. The number of nitrogens with one attached hydrogen (secondary N) is 1. The number of hydrogen-bond acceptors (Lipinski definition) is 2. The molecule has 1 amide bonds. The molecule has 4 aromatic rings. The lowest BCUT2D eigenvalue weighted by atomic mass is 10.1. The fourth-order valence-electron chi connectivity index (χ4n) is 2.91. The van der Waals surface area contributed by atoms with Crippen LogP contribution in [0.15, 0.2) is 90.2 Å². The Kier molecular flexibility index (Phi) is 4.73. The molecule has 5 heteroatoms. The molecule has 0 saturated carbocycles. The van der Waals surface area contributed by atoms with Gasteiger partial charge in [-0.15, -0.1) is 0 Å². The summed E-state index contributed by atoms with van der Waals surface area (Å²) in [6.45, 7) is 0. The maximum Gasteiger partial charge on any atom is 0.271 e. The van der Waals surface area contributed by atoms with Gasteiger partial charge in [0.2, 0.25) is 0 Å². The maximum atomic E-state index is 12.1. The summed E-state index contributed by atoms with van der Waals surface area (Å²) in [7, 11) is 0. The lowest BCUT2D eigenvalue weighted by molar-refractivity contribution is 0.0955. The minimum Gasteiger partial charge on any atom is -0.316 e. The fraction of sp³-hybridized carbons (Fsp3) is 0. The molecular weight excluding hydrogens is 358 g/mol. The van der Waals surface area contributed by atoms with Crippen LogP contribution in [0.3, 0.4) is 0 Å². The minimum absolute atomic E-state index is 0.308. The quantitative estimate of drug-likeness (QED) is 0.395. The molecule has 0 aliphatic heterocycles. The van der Waals surface area contributed by atoms with Gasteiger partial charge in [0, 0.05) is 22.5 Å². The summed E-state index contributed by atoms with van der Waals surface area (Å²) in [5, 5.41) is 6.95. The van der Waals surface area contributed by atoms with Gasteiger partial charge in [-0.3, -0.25) is 4.79 Å². The Morgan fingerprint density at radius 2 is 1.78 bits per heavy atom. The summed E-state index contributed by atoms with van der Waals surface area (Å²) in [6, 6.07) is 25.1. The molecule has 1 aromatic heterocycles. The SMILES string of the molecule is O=C(N/N=C/c1cccn1-c1ccc2ccccc2c1)c1cccc(Cl)c1. The van der Waals surface area contributed by atoms with E-state index < -0.39 is 0 Å². The topological polar surface area (TPSA) is 46.4 Å². The van der Waals surface area contributed by atoms with Crippen LogP contribution in [-0.2, 0) is 0 Å². The molecule has 0 aliphatic rings. The highest BCUT2D eigenvalue weighted by Gasteiger charge is 2.05. The Bertz CT molecular complexity index is 1150. The van der Waals surface area contributed by atoms with Crippen LogP contribution < -0.4 is 5.43 Å². The van der Waals surface area contributed by atoms with Crippen molar-refractivity contribution in [2.24, 2.45) is 5.10 Å². The molecule has 0 fully saturated rings. The largest absolute Gasteiger partial charge is 0.316 e. The van der Waals surface area contributed by atoms with Gasteiger partial charge in [0.05, 0.1) is 11.9 Å². The molecule has 132 valence electrons. The zero-order valence-corrected chi connectivity index (χ0v) is 15.1. The van der Waals surface area contributed by atoms with Crippen LogP contribution in [-0.4, -0.2) is 16.7 Å². The van der Waals surface area contributed by atoms with Gasteiger partial charge in [-0.2, -0.15) is 5.10 Å². The number of benzene rings is 3. The zero-order valence-electron chi connectivity index (χ0n) is 14.3. The summed E-state index contributed by atoms with van der Waals surface area (Å²) in [6.07, 6.45) is 3.59. The number of halogens is 1. The zero-order chi connectivity index (χ0) is 18.6. The molecule has 0 unspecified atom stereocenters. The van der Waals surface area contributed by atoms with Gasteiger partial charge in [-0.25, -0.2) is 5.43 Å². The first-order valence-electron chi connectivity index (χ1n) is 8.46. The Morgan fingerprint density at radius 1 is 0.926 bits per heavy atom. The highest BCUT2D eigenvalue weighted by Crippen LogP contribution is 2.19. The third-order valence-electron chi connectivity index (χ3n) is 4.24. The number of rotatable bonds is 4. The number of hydrogen-bond donors (Lipinski definition) is 1. The van der Waals surface area contributed by atoms with E-state index in [9.17, 15) is 4.79 Å². The van der Waals surface area contributed by atoms with Crippen molar-refractivity contribution in [2.75, 3.05) is 0 Å². The highest BCUT2D eigenvalue weighted by atomic mass is 35.5. The third-order valence-corrected chi connectivity index (χ3v) is 4.48. The van der Waals surface area contributed by atoms with Gasteiger partial charge in [-0.1, -0.05) is 48.0 Å². The molecule has 3 aromatic carbocycles. The van der Waals surface area contributed by atoms with Gasteiger partial charge in [-0.05, 0) is 53.2 Å². The van der Waals surface area contributed by atoms with Crippen molar-refractivity contribution in [3.05, 3.63) is 101 Å². The third kappa shape index (κ3) is 3.76. The smallest absolute Gasteiger partial charge is 0.271 e. The van der Waals surface area contributed by atoms with Crippen LogP contribution in [0, 0.1) is 0 Å². The van der Waals surface area contributed by atoms with Gasteiger partial charge >= 0.3 is 0 Å². The first-order chi connectivity index (χ1) is 13.2. The van der Waals surface area contributed by atoms with Crippen LogP contribution in [0.5, 0.6) is 0 Å². The summed E-state index contributed by atoms with van der Waals surface area (Å²) in [4.78, 5) is 12.1. The molecule has 1 N–H and O–H groups in total. The van der Waals surface area contributed by atoms with E-state index in [4.69, 9.17) is 11.6 Å². The Morgan fingerprint density at radius 3 is 2.63 bits per heavy atom. The highest BCUT2D eigenvalue weighted by molar-refractivity contribution is 6.30. The molecular formula is C22H16ClN3O. The normalized spacial score (nSPS) is 11.1. The summed E-state index contributed by atoms with van der Waals surface area (Å²) < 4.78 is 2.02. The van der Waals surface area contributed by atoms with Crippen molar-refractivity contribution >= 4 is 34.5 Å². The minimum atomic E-state index is -0.308. The molecule has 27 heavy (non-hydrogen) atoms. The summed E-state index contributed by atoms with van der Waals surface area (Å²) >= 11 is 5.91. The van der Waals surface area contributed by atoms with Crippen molar-refractivity contribution in [2.45, 2.75) is 0 Å². The Labute approximate surface area is 161 Å². The van der Waals surface area contributed by atoms with E-state index in [2.05, 4.69) is 40.9 Å². The van der Waals surface area contributed by atoms with Crippen molar-refractivity contribution < 1.29 is 4.79 Å². The molecule has 4 nitrogen and oxygen atoms in total. The lowest BCUT2D eigenvalue weighted by Crippen LogP contribution is -2.17. The summed E-state index contributed by atoms with van der Waals surface area (Å²) in [5.41, 5.74) is 4.88. The average molecular weight is 374 g/mol. The van der Waals surface area contributed by atoms with E-state index in [-0.39, 0.29) is 5.91 Å². The number of aromatic nitrogens is 1. The Hall–Kier alpha value is -3.37. The summed E-state index contributed by atoms with van der Waals surface area (Å²) in [5.74, 6) is -0.308. The van der Waals surface area contributed by atoms with Crippen molar-refractivity contribution in [3.63, 3.8) is 0 Å². The molecule has 1 heterocycles. The standard InChI is InChI=1S/C22H16ClN3O/c23-19-8-3-7-18(13-19)22(27)25-24-15-21-9-4-12-26(21)20-11-10-16-5-1-2-6-17(16)14-20/h1-15H,(H,25,27)/b24-15+. The van der Waals surface area contributed by atoms with Gasteiger partial charge in [0.15, 0.2) is 0 Å². The van der Waals surface area contributed by atoms with Crippen molar-refractivity contribution in [1.82, 2.24) is 9.99 Å². The van der Waals surface area contributed by atoms with E-state index in [1.54, 1.807) is 30.5 Å².